The Hall–Kier alpha value is -2.21. The molecule has 0 bridgehead atoms. The van der Waals surface area contributed by atoms with E-state index in [4.69, 9.17) is 0 Å². The molecule has 0 N–H and O–H groups in total. The molecule has 0 unspecified atom stereocenters. The van der Waals surface area contributed by atoms with Gasteiger partial charge in [0, 0.05) is 30.6 Å². The van der Waals surface area contributed by atoms with Crippen LogP contribution in [0.5, 0.6) is 0 Å². The second kappa shape index (κ2) is 6.91. The van der Waals surface area contributed by atoms with Crippen molar-refractivity contribution in [1.82, 2.24) is 9.88 Å². The van der Waals surface area contributed by atoms with Crippen molar-refractivity contribution in [2.45, 2.75) is 19.8 Å². The van der Waals surface area contributed by atoms with Crippen molar-refractivity contribution < 1.29 is 9.59 Å². The Kier molecular flexibility index (Phi) is 4.71. The van der Waals surface area contributed by atoms with Crippen LogP contribution >= 0.6 is 11.3 Å². The molecule has 23 heavy (non-hydrogen) atoms. The summed E-state index contributed by atoms with van der Waals surface area (Å²) in [4.78, 5) is 33.3. The molecular formula is C17H19N3O2S. The molecule has 0 spiro atoms. The van der Waals surface area contributed by atoms with E-state index in [0.717, 1.165) is 12.1 Å². The molecule has 0 atom stereocenters. The molecule has 0 aliphatic carbocycles. The second-order valence-electron chi connectivity index (χ2n) is 5.60. The van der Waals surface area contributed by atoms with Crippen molar-refractivity contribution in [1.29, 1.82) is 0 Å². The molecule has 3 heterocycles. The molecule has 120 valence electrons. The van der Waals surface area contributed by atoms with Crippen LogP contribution < -0.4 is 4.90 Å². The van der Waals surface area contributed by atoms with Crippen LogP contribution in [-0.2, 0) is 16.0 Å². The number of carbonyl (C=O) groups is 2. The van der Waals surface area contributed by atoms with E-state index >= 15 is 0 Å². The molecule has 1 fully saturated rings. The third kappa shape index (κ3) is 3.59. The number of amides is 2. The van der Waals surface area contributed by atoms with Gasteiger partial charge in [0.15, 0.2) is 0 Å². The molecule has 0 aromatic carbocycles. The Morgan fingerprint density at radius 1 is 1.35 bits per heavy atom. The number of aryl methyl sites for hydroxylation is 2. The summed E-state index contributed by atoms with van der Waals surface area (Å²) in [5, 5.41) is 2.05. The molecule has 0 radical (unpaired) electrons. The summed E-state index contributed by atoms with van der Waals surface area (Å²) < 4.78 is 0. The van der Waals surface area contributed by atoms with Crippen molar-refractivity contribution in [2.24, 2.45) is 0 Å². The molecular weight excluding hydrogens is 310 g/mol. The first-order valence-corrected chi connectivity index (χ1v) is 8.54. The van der Waals surface area contributed by atoms with Crippen molar-refractivity contribution in [3.05, 3.63) is 46.4 Å². The van der Waals surface area contributed by atoms with Gasteiger partial charge < -0.3 is 9.80 Å². The Morgan fingerprint density at radius 3 is 2.87 bits per heavy atom. The van der Waals surface area contributed by atoms with Gasteiger partial charge in [-0.2, -0.15) is 0 Å². The van der Waals surface area contributed by atoms with Crippen LogP contribution in [0.15, 0.2) is 36.0 Å². The van der Waals surface area contributed by atoms with E-state index in [1.807, 2.05) is 17.5 Å². The van der Waals surface area contributed by atoms with Gasteiger partial charge in [0.25, 0.3) is 0 Å². The zero-order valence-electron chi connectivity index (χ0n) is 13.1. The maximum absolute atomic E-state index is 12.3. The van der Waals surface area contributed by atoms with Gasteiger partial charge in [-0.15, -0.1) is 11.3 Å². The molecule has 3 rings (SSSR count). The van der Waals surface area contributed by atoms with Gasteiger partial charge in [0.1, 0.15) is 6.54 Å². The van der Waals surface area contributed by atoms with E-state index in [-0.39, 0.29) is 18.4 Å². The fourth-order valence-corrected chi connectivity index (χ4v) is 3.62. The molecule has 6 heteroatoms. The molecule has 5 nitrogen and oxygen atoms in total. The molecule has 2 aromatic rings. The van der Waals surface area contributed by atoms with Gasteiger partial charge in [0.05, 0.1) is 11.9 Å². The average Bonchev–Trinajstić information content (AvgIpc) is 2.98. The summed E-state index contributed by atoms with van der Waals surface area (Å²) in [6.07, 6.45) is 4.57. The largest absolute Gasteiger partial charge is 0.332 e. The monoisotopic (exact) mass is 329 g/mol. The first-order chi connectivity index (χ1) is 11.1. The number of aromatic nitrogens is 1. The predicted molar refractivity (Wildman–Crippen MR) is 90.5 cm³/mol. The van der Waals surface area contributed by atoms with Crippen molar-refractivity contribution in [3.63, 3.8) is 0 Å². The molecule has 1 aliphatic rings. The Bertz CT molecular complexity index is 699. The highest BCUT2D eigenvalue weighted by atomic mass is 32.1. The standard InChI is InChI=1S/C17H19N3O2S/c1-13-6-10-23-15(13)4-5-16(21)19-8-9-20(17(22)12-19)14-3-2-7-18-11-14/h2-3,6-7,10-11H,4-5,8-9,12H2,1H3. The highest BCUT2D eigenvalue weighted by Crippen LogP contribution is 2.19. The van der Waals surface area contributed by atoms with Gasteiger partial charge >= 0.3 is 0 Å². The van der Waals surface area contributed by atoms with E-state index < -0.39 is 0 Å². The van der Waals surface area contributed by atoms with E-state index in [1.54, 1.807) is 33.5 Å². The number of rotatable bonds is 4. The van der Waals surface area contributed by atoms with Crippen LogP contribution in [-0.4, -0.2) is 41.3 Å². The van der Waals surface area contributed by atoms with Gasteiger partial charge in [-0.1, -0.05) is 0 Å². The van der Waals surface area contributed by atoms with Gasteiger partial charge in [-0.25, -0.2) is 0 Å². The Labute approximate surface area is 139 Å². The summed E-state index contributed by atoms with van der Waals surface area (Å²) in [6.45, 7) is 3.31. The second-order valence-corrected chi connectivity index (χ2v) is 6.60. The zero-order valence-corrected chi connectivity index (χ0v) is 13.9. The lowest BCUT2D eigenvalue weighted by atomic mass is 10.1. The van der Waals surface area contributed by atoms with Crippen LogP contribution in [0, 0.1) is 6.92 Å². The minimum Gasteiger partial charge on any atom is -0.332 e. The van der Waals surface area contributed by atoms with E-state index in [2.05, 4.69) is 18.0 Å². The Balaban J connectivity index is 1.56. The molecule has 1 saturated heterocycles. The number of anilines is 1. The lowest BCUT2D eigenvalue weighted by Gasteiger charge is -2.34. The van der Waals surface area contributed by atoms with Crippen LogP contribution in [0.1, 0.15) is 16.9 Å². The number of thiophene rings is 1. The minimum absolute atomic E-state index is 0.0510. The SMILES string of the molecule is Cc1ccsc1CCC(=O)N1CCN(c2cccnc2)C(=O)C1. The lowest BCUT2D eigenvalue weighted by Crippen LogP contribution is -2.52. The summed E-state index contributed by atoms with van der Waals surface area (Å²) in [5.74, 6) is 0.00175. The van der Waals surface area contributed by atoms with Crippen LogP contribution in [0.3, 0.4) is 0 Å². The average molecular weight is 329 g/mol. The summed E-state index contributed by atoms with van der Waals surface area (Å²) in [7, 11) is 0. The minimum atomic E-state index is -0.0510. The maximum atomic E-state index is 12.3. The highest BCUT2D eigenvalue weighted by molar-refractivity contribution is 7.10. The number of nitrogens with zero attached hydrogens (tertiary/aromatic N) is 3. The first kappa shape index (κ1) is 15.7. The third-order valence-corrected chi connectivity index (χ3v) is 5.15. The summed E-state index contributed by atoms with van der Waals surface area (Å²) >= 11 is 1.68. The topological polar surface area (TPSA) is 53.5 Å². The highest BCUT2D eigenvalue weighted by Gasteiger charge is 2.27. The van der Waals surface area contributed by atoms with E-state index in [1.165, 1.54) is 10.4 Å². The lowest BCUT2D eigenvalue weighted by molar-refractivity contribution is -0.136. The summed E-state index contributed by atoms with van der Waals surface area (Å²) in [5.41, 5.74) is 2.03. The van der Waals surface area contributed by atoms with Crippen LogP contribution in [0.2, 0.25) is 0 Å². The number of pyridine rings is 1. The third-order valence-electron chi connectivity index (χ3n) is 4.07. The van der Waals surface area contributed by atoms with Crippen LogP contribution in [0.25, 0.3) is 0 Å². The predicted octanol–water partition coefficient (Wildman–Crippen LogP) is 2.26. The maximum Gasteiger partial charge on any atom is 0.246 e. The first-order valence-electron chi connectivity index (χ1n) is 7.66. The van der Waals surface area contributed by atoms with Crippen molar-refractivity contribution in [2.75, 3.05) is 24.5 Å². The molecule has 1 aliphatic heterocycles. The molecule has 0 saturated carbocycles. The van der Waals surface area contributed by atoms with E-state index in [9.17, 15) is 9.59 Å². The fraction of sp³-hybridized carbons (Fsp3) is 0.353. The number of hydrogen-bond acceptors (Lipinski definition) is 4. The number of piperazine rings is 1. The number of carbonyl (C=O) groups excluding carboxylic acids is 2. The summed E-state index contributed by atoms with van der Waals surface area (Å²) in [6, 6.07) is 5.74. The molecule has 2 aromatic heterocycles. The van der Waals surface area contributed by atoms with Gasteiger partial charge in [-0.05, 0) is 42.5 Å². The number of hydrogen-bond donors (Lipinski definition) is 0. The molecule has 2 amide bonds. The Morgan fingerprint density at radius 2 is 2.22 bits per heavy atom. The quantitative estimate of drug-likeness (QED) is 0.864. The van der Waals surface area contributed by atoms with Crippen LogP contribution in [0.4, 0.5) is 5.69 Å². The normalized spacial score (nSPS) is 15.1. The van der Waals surface area contributed by atoms with E-state index in [0.29, 0.717) is 19.5 Å². The van der Waals surface area contributed by atoms with Crippen molar-refractivity contribution >= 4 is 28.8 Å². The van der Waals surface area contributed by atoms with Gasteiger partial charge in [0.2, 0.25) is 11.8 Å². The zero-order chi connectivity index (χ0) is 16.2. The van der Waals surface area contributed by atoms with Gasteiger partial charge in [-0.3, -0.25) is 14.6 Å². The fourth-order valence-electron chi connectivity index (χ4n) is 2.71. The van der Waals surface area contributed by atoms with Crippen molar-refractivity contribution in [3.8, 4) is 0 Å². The smallest absolute Gasteiger partial charge is 0.246 e.